The molecule has 0 saturated carbocycles. The van der Waals surface area contributed by atoms with Gasteiger partial charge in [-0.2, -0.15) is 0 Å². The fourth-order valence-electron chi connectivity index (χ4n) is 2.60. The average molecular weight is 385 g/mol. The maximum Gasteiger partial charge on any atom is 0.410 e. The molecule has 1 unspecified atom stereocenters. The van der Waals surface area contributed by atoms with Gasteiger partial charge in [0.15, 0.2) is 0 Å². The minimum atomic E-state index is -0.844. The molecular weight excluding hydrogens is 358 g/mol. The fraction of sp³-hybridized carbons (Fsp3) is 0.364. The predicted octanol–water partition coefficient (Wildman–Crippen LogP) is 3.94. The molecule has 2 aromatic rings. The number of hydrogen-bond acceptors (Lipinski definition) is 5. The summed E-state index contributed by atoms with van der Waals surface area (Å²) in [6, 6.07) is 15.9. The molecule has 0 heterocycles. The van der Waals surface area contributed by atoms with Crippen molar-refractivity contribution in [3.63, 3.8) is 0 Å². The van der Waals surface area contributed by atoms with E-state index in [9.17, 15) is 14.7 Å². The van der Waals surface area contributed by atoms with Gasteiger partial charge in [-0.3, -0.25) is 0 Å². The Hall–Kier alpha value is -2.86. The van der Waals surface area contributed by atoms with E-state index in [0.29, 0.717) is 5.56 Å². The Balaban J connectivity index is 2.17. The van der Waals surface area contributed by atoms with Crippen molar-refractivity contribution in [3.05, 3.63) is 71.3 Å². The number of esters is 1. The molecule has 0 radical (unpaired) electrons. The molecule has 0 aromatic heterocycles. The lowest BCUT2D eigenvalue weighted by atomic mass is 10.1. The van der Waals surface area contributed by atoms with Crippen molar-refractivity contribution in [1.29, 1.82) is 0 Å². The highest BCUT2D eigenvalue weighted by atomic mass is 16.6. The number of nitrogens with zero attached hydrogens (tertiary/aromatic N) is 1. The number of methoxy groups -OCH3 is 1. The standard InChI is InChI=1S/C22H27NO5/c1-22(2,3)28-21(26)23(15-19(24)17-8-6-5-7-9-17)14-16-10-12-18(13-11-16)20(25)27-4/h5-13,19,24H,14-15H2,1-4H3. The summed E-state index contributed by atoms with van der Waals surface area (Å²) in [4.78, 5) is 25.7. The summed E-state index contributed by atoms with van der Waals surface area (Å²) in [7, 11) is 1.32. The molecule has 1 atom stereocenters. The summed E-state index contributed by atoms with van der Waals surface area (Å²) >= 11 is 0. The minimum Gasteiger partial charge on any atom is -0.465 e. The lowest BCUT2D eigenvalue weighted by molar-refractivity contribution is 0.0124. The summed E-state index contributed by atoms with van der Waals surface area (Å²) in [6.07, 6.45) is -1.36. The zero-order valence-corrected chi connectivity index (χ0v) is 16.7. The Morgan fingerprint density at radius 1 is 1.04 bits per heavy atom. The summed E-state index contributed by atoms with van der Waals surface area (Å²) < 4.78 is 10.2. The van der Waals surface area contributed by atoms with Gasteiger partial charge in [0.25, 0.3) is 0 Å². The predicted molar refractivity (Wildman–Crippen MR) is 106 cm³/mol. The van der Waals surface area contributed by atoms with Crippen molar-refractivity contribution < 1.29 is 24.2 Å². The van der Waals surface area contributed by atoms with Gasteiger partial charge in [-0.1, -0.05) is 42.5 Å². The highest BCUT2D eigenvalue weighted by Crippen LogP contribution is 2.19. The van der Waals surface area contributed by atoms with Crippen LogP contribution in [0, 0.1) is 0 Å². The normalized spacial score (nSPS) is 12.2. The van der Waals surface area contributed by atoms with Crippen molar-refractivity contribution >= 4 is 12.1 Å². The lowest BCUT2D eigenvalue weighted by Crippen LogP contribution is -2.38. The van der Waals surface area contributed by atoms with Crippen LogP contribution in [-0.2, 0) is 16.0 Å². The number of aliphatic hydroxyl groups excluding tert-OH is 1. The monoisotopic (exact) mass is 385 g/mol. The Bertz CT molecular complexity index is 781. The topological polar surface area (TPSA) is 76.1 Å². The van der Waals surface area contributed by atoms with Crippen LogP contribution in [0.4, 0.5) is 4.79 Å². The number of ether oxygens (including phenoxy) is 2. The molecular formula is C22H27NO5. The third kappa shape index (κ3) is 6.39. The Morgan fingerprint density at radius 3 is 2.18 bits per heavy atom. The average Bonchev–Trinajstić information content (AvgIpc) is 2.66. The van der Waals surface area contributed by atoms with Crippen LogP contribution in [0.1, 0.15) is 48.4 Å². The number of rotatable bonds is 6. The van der Waals surface area contributed by atoms with E-state index in [2.05, 4.69) is 0 Å². The first-order valence-electron chi connectivity index (χ1n) is 9.08. The van der Waals surface area contributed by atoms with Crippen LogP contribution < -0.4 is 0 Å². The van der Waals surface area contributed by atoms with Crippen molar-refractivity contribution in [1.82, 2.24) is 4.90 Å². The van der Waals surface area contributed by atoms with Crippen molar-refractivity contribution in [2.45, 2.75) is 39.0 Å². The highest BCUT2D eigenvalue weighted by molar-refractivity contribution is 5.89. The molecule has 0 fully saturated rings. The molecule has 6 heteroatoms. The summed E-state index contributed by atoms with van der Waals surface area (Å²) in [6.45, 7) is 5.70. The van der Waals surface area contributed by atoms with E-state index < -0.39 is 23.8 Å². The van der Waals surface area contributed by atoms with Crippen LogP contribution in [0.5, 0.6) is 0 Å². The maximum atomic E-state index is 12.7. The van der Waals surface area contributed by atoms with E-state index in [1.165, 1.54) is 12.0 Å². The van der Waals surface area contributed by atoms with Crippen LogP contribution in [0.3, 0.4) is 0 Å². The molecule has 150 valence electrons. The van der Waals surface area contributed by atoms with E-state index in [0.717, 1.165) is 11.1 Å². The molecule has 6 nitrogen and oxygen atoms in total. The van der Waals surface area contributed by atoms with Crippen LogP contribution in [0.15, 0.2) is 54.6 Å². The summed E-state index contributed by atoms with van der Waals surface area (Å²) in [5, 5.41) is 10.6. The first kappa shape index (κ1) is 21.4. The third-order valence-corrected chi connectivity index (χ3v) is 3.98. The van der Waals surface area contributed by atoms with Gasteiger partial charge in [0.1, 0.15) is 5.60 Å². The maximum absolute atomic E-state index is 12.7. The molecule has 0 saturated heterocycles. The van der Waals surface area contributed by atoms with E-state index in [-0.39, 0.29) is 13.1 Å². The quantitative estimate of drug-likeness (QED) is 0.762. The second-order valence-electron chi connectivity index (χ2n) is 7.48. The van der Waals surface area contributed by atoms with Crippen LogP contribution >= 0.6 is 0 Å². The van der Waals surface area contributed by atoms with E-state index in [4.69, 9.17) is 9.47 Å². The van der Waals surface area contributed by atoms with Gasteiger partial charge in [0, 0.05) is 6.54 Å². The molecule has 0 aliphatic carbocycles. The van der Waals surface area contributed by atoms with Crippen LogP contribution in [-0.4, -0.2) is 41.3 Å². The molecule has 1 N–H and O–H groups in total. The van der Waals surface area contributed by atoms with E-state index >= 15 is 0 Å². The number of hydrogen-bond donors (Lipinski definition) is 1. The van der Waals surface area contributed by atoms with E-state index in [1.54, 1.807) is 45.0 Å². The number of carbonyl (C=O) groups is 2. The van der Waals surface area contributed by atoms with Gasteiger partial charge in [-0.25, -0.2) is 9.59 Å². The van der Waals surface area contributed by atoms with Gasteiger partial charge in [-0.05, 0) is 44.0 Å². The molecule has 0 aliphatic heterocycles. The summed E-state index contributed by atoms with van der Waals surface area (Å²) in [5.41, 5.74) is 1.30. The van der Waals surface area contributed by atoms with Gasteiger partial charge in [-0.15, -0.1) is 0 Å². The smallest absolute Gasteiger partial charge is 0.410 e. The number of aliphatic hydroxyl groups is 1. The Morgan fingerprint density at radius 2 is 1.64 bits per heavy atom. The molecule has 0 spiro atoms. The molecule has 0 bridgehead atoms. The molecule has 1 amide bonds. The fourth-order valence-corrected chi connectivity index (χ4v) is 2.60. The lowest BCUT2D eigenvalue weighted by Gasteiger charge is -2.29. The highest BCUT2D eigenvalue weighted by Gasteiger charge is 2.25. The first-order valence-corrected chi connectivity index (χ1v) is 9.08. The SMILES string of the molecule is COC(=O)c1ccc(CN(CC(O)c2ccccc2)C(=O)OC(C)(C)C)cc1. The zero-order valence-electron chi connectivity index (χ0n) is 16.7. The molecule has 2 rings (SSSR count). The number of amides is 1. The van der Waals surface area contributed by atoms with Crippen molar-refractivity contribution in [2.75, 3.05) is 13.7 Å². The minimum absolute atomic E-state index is 0.0810. The molecule has 2 aromatic carbocycles. The van der Waals surface area contributed by atoms with Crippen molar-refractivity contribution in [3.8, 4) is 0 Å². The van der Waals surface area contributed by atoms with Gasteiger partial charge >= 0.3 is 12.1 Å². The van der Waals surface area contributed by atoms with Gasteiger partial charge < -0.3 is 19.5 Å². The molecule has 0 aliphatic rings. The third-order valence-electron chi connectivity index (χ3n) is 3.98. The second kappa shape index (κ2) is 9.37. The first-order chi connectivity index (χ1) is 13.2. The summed E-state index contributed by atoms with van der Waals surface area (Å²) in [5.74, 6) is -0.421. The van der Waals surface area contributed by atoms with Gasteiger partial charge in [0.2, 0.25) is 0 Å². The van der Waals surface area contributed by atoms with E-state index in [1.807, 2.05) is 30.3 Å². The van der Waals surface area contributed by atoms with Crippen LogP contribution in [0.2, 0.25) is 0 Å². The Labute approximate surface area is 165 Å². The van der Waals surface area contributed by atoms with Gasteiger partial charge in [0.05, 0.1) is 25.3 Å². The number of benzene rings is 2. The Kier molecular flexibility index (Phi) is 7.18. The van der Waals surface area contributed by atoms with Crippen molar-refractivity contribution in [2.24, 2.45) is 0 Å². The largest absolute Gasteiger partial charge is 0.465 e. The molecule has 28 heavy (non-hydrogen) atoms. The second-order valence-corrected chi connectivity index (χ2v) is 7.48. The number of carbonyl (C=O) groups excluding carboxylic acids is 2. The van der Waals surface area contributed by atoms with Crippen LogP contribution in [0.25, 0.3) is 0 Å². The zero-order chi connectivity index (χ0) is 20.7.